The molecule has 0 radical (unpaired) electrons. The Hall–Kier alpha value is -2.70. The fourth-order valence-corrected chi connectivity index (χ4v) is 2.40. The molecule has 4 nitrogen and oxygen atoms in total. The molecule has 0 fully saturated rings. The molecule has 0 saturated heterocycles. The molecule has 0 heterocycles. The Balaban J connectivity index is 2.05. The number of carboxylic acid groups (broad SMARTS) is 1. The standard InChI is InChI=1S/C20H21F3O4/c1-3-4-13-19(2,18(24)25)27-17-11-9-16(10-12-17)26-15-7-5-14(6-8-15)20(21,22)23/h5-12H,3-4,13H2,1-2H3,(H,24,25). The van der Waals surface area contributed by atoms with Gasteiger partial charge in [-0.3, -0.25) is 0 Å². The molecular formula is C20H21F3O4. The number of hydrogen-bond donors (Lipinski definition) is 1. The summed E-state index contributed by atoms with van der Waals surface area (Å²) in [6.07, 6.45) is -2.45. The van der Waals surface area contributed by atoms with Crippen LogP contribution >= 0.6 is 0 Å². The van der Waals surface area contributed by atoms with Crippen molar-refractivity contribution in [2.75, 3.05) is 0 Å². The third-order valence-corrected chi connectivity index (χ3v) is 4.04. The summed E-state index contributed by atoms with van der Waals surface area (Å²) in [6, 6.07) is 10.6. The largest absolute Gasteiger partial charge is 0.478 e. The molecule has 1 unspecified atom stereocenters. The second-order valence-electron chi connectivity index (χ2n) is 6.34. The highest BCUT2D eigenvalue weighted by atomic mass is 19.4. The third kappa shape index (κ3) is 5.64. The van der Waals surface area contributed by atoms with Gasteiger partial charge in [0.25, 0.3) is 0 Å². The number of carbonyl (C=O) groups is 1. The number of hydrogen-bond acceptors (Lipinski definition) is 3. The molecule has 0 aliphatic heterocycles. The fourth-order valence-electron chi connectivity index (χ4n) is 2.40. The number of aliphatic carboxylic acids is 1. The van der Waals surface area contributed by atoms with Gasteiger partial charge in [-0.15, -0.1) is 0 Å². The average molecular weight is 382 g/mol. The zero-order chi connectivity index (χ0) is 20.1. The Morgan fingerprint density at radius 1 is 0.963 bits per heavy atom. The Kier molecular flexibility index (Phi) is 6.36. The van der Waals surface area contributed by atoms with Crippen LogP contribution in [-0.2, 0) is 11.0 Å². The molecule has 0 spiro atoms. The molecule has 2 aromatic rings. The highest BCUT2D eigenvalue weighted by Crippen LogP contribution is 2.32. The van der Waals surface area contributed by atoms with Crippen LogP contribution in [0.1, 0.15) is 38.7 Å². The van der Waals surface area contributed by atoms with Gasteiger partial charge in [-0.25, -0.2) is 4.79 Å². The molecule has 146 valence electrons. The molecule has 2 rings (SSSR count). The number of benzene rings is 2. The lowest BCUT2D eigenvalue weighted by atomic mass is 9.99. The van der Waals surface area contributed by atoms with Crippen LogP contribution < -0.4 is 9.47 Å². The maximum absolute atomic E-state index is 12.6. The molecule has 0 aliphatic carbocycles. The van der Waals surface area contributed by atoms with E-state index in [1.54, 1.807) is 24.3 Å². The summed E-state index contributed by atoms with van der Waals surface area (Å²) in [7, 11) is 0. The van der Waals surface area contributed by atoms with E-state index in [9.17, 15) is 23.1 Å². The maximum Gasteiger partial charge on any atom is 0.416 e. The topological polar surface area (TPSA) is 55.8 Å². The lowest BCUT2D eigenvalue weighted by Crippen LogP contribution is -2.41. The molecule has 0 saturated carbocycles. The van der Waals surface area contributed by atoms with Crippen LogP contribution in [0.5, 0.6) is 17.2 Å². The first-order chi connectivity index (χ1) is 12.6. The lowest BCUT2D eigenvalue weighted by Gasteiger charge is -2.26. The van der Waals surface area contributed by atoms with Crippen molar-refractivity contribution in [3.63, 3.8) is 0 Å². The van der Waals surface area contributed by atoms with Gasteiger partial charge in [0.1, 0.15) is 17.2 Å². The van der Waals surface area contributed by atoms with Crippen LogP contribution in [0.2, 0.25) is 0 Å². The van der Waals surface area contributed by atoms with Crippen LogP contribution in [0.15, 0.2) is 48.5 Å². The molecule has 0 aliphatic rings. The van der Waals surface area contributed by atoms with Crippen LogP contribution in [-0.4, -0.2) is 16.7 Å². The fraction of sp³-hybridized carbons (Fsp3) is 0.350. The van der Waals surface area contributed by atoms with E-state index in [4.69, 9.17) is 9.47 Å². The quantitative estimate of drug-likeness (QED) is 0.617. The van der Waals surface area contributed by atoms with Crippen LogP contribution in [0, 0.1) is 0 Å². The van der Waals surface area contributed by atoms with E-state index in [1.165, 1.54) is 19.1 Å². The van der Waals surface area contributed by atoms with E-state index in [-0.39, 0.29) is 5.75 Å². The molecule has 2 aromatic carbocycles. The van der Waals surface area contributed by atoms with Gasteiger partial charge < -0.3 is 14.6 Å². The van der Waals surface area contributed by atoms with Crippen molar-refractivity contribution in [3.05, 3.63) is 54.1 Å². The van der Waals surface area contributed by atoms with E-state index in [0.717, 1.165) is 25.0 Å². The summed E-state index contributed by atoms with van der Waals surface area (Å²) in [5.41, 5.74) is -2.08. The zero-order valence-corrected chi connectivity index (χ0v) is 15.0. The molecule has 0 bridgehead atoms. The minimum atomic E-state index is -4.40. The van der Waals surface area contributed by atoms with Gasteiger partial charge >= 0.3 is 12.1 Å². The molecular weight excluding hydrogens is 361 g/mol. The van der Waals surface area contributed by atoms with Gasteiger partial charge in [0.05, 0.1) is 5.56 Å². The third-order valence-electron chi connectivity index (χ3n) is 4.04. The number of halogens is 3. The number of unbranched alkanes of at least 4 members (excludes halogenated alkanes) is 1. The Bertz CT molecular complexity index is 754. The van der Waals surface area contributed by atoms with Gasteiger partial charge in [-0.05, 0) is 68.3 Å². The highest BCUT2D eigenvalue weighted by molar-refractivity contribution is 5.77. The number of rotatable bonds is 8. The zero-order valence-electron chi connectivity index (χ0n) is 15.0. The van der Waals surface area contributed by atoms with Crippen molar-refractivity contribution in [2.24, 2.45) is 0 Å². The second kappa shape index (κ2) is 8.33. The molecule has 1 N–H and O–H groups in total. The van der Waals surface area contributed by atoms with E-state index >= 15 is 0 Å². The first kappa shape index (κ1) is 20.6. The molecule has 0 amide bonds. The number of carboxylic acids is 1. The summed E-state index contributed by atoms with van der Waals surface area (Å²) >= 11 is 0. The maximum atomic E-state index is 12.6. The molecule has 27 heavy (non-hydrogen) atoms. The van der Waals surface area contributed by atoms with Crippen molar-refractivity contribution in [2.45, 2.75) is 44.9 Å². The van der Waals surface area contributed by atoms with Crippen molar-refractivity contribution in [1.82, 2.24) is 0 Å². The normalized spacial score (nSPS) is 13.7. The lowest BCUT2D eigenvalue weighted by molar-refractivity contribution is -0.154. The van der Waals surface area contributed by atoms with Crippen molar-refractivity contribution in [1.29, 1.82) is 0 Å². The van der Waals surface area contributed by atoms with Crippen molar-refractivity contribution >= 4 is 5.97 Å². The molecule has 0 aromatic heterocycles. The minimum absolute atomic E-state index is 0.259. The van der Waals surface area contributed by atoms with Crippen LogP contribution in [0.4, 0.5) is 13.2 Å². The Morgan fingerprint density at radius 2 is 1.44 bits per heavy atom. The second-order valence-corrected chi connectivity index (χ2v) is 6.34. The summed E-state index contributed by atoms with van der Waals surface area (Å²) in [4.78, 5) is 11.5. The monoisotopic (exact) mass is 382 g/mol. The Labute approximate surface area is 155 Å². The predicted molar refractivity (Wildman–Crippen MR) is 94.2 cm³/mol. The summed E-state index contributed by atoms with van der Waals surface area (Å²) in [6.45, 7) is 3.49. The first-order valence-corrected chi connectivity index (χ1v) is 8.51. The van der Waals surface area contributed by atoms with E-state index in [2.05, 4.69) is 0 Å². The van der Waals surface area contributed by atoms with E-state index in [0.29, 0.717) is 17.9 Å². The number of alkyl halides is 3. The Morgan fingerprint density at radius 3 is 1.89 bits per heavy atom. The highest BCUT2D eigenvalue weighted by Gasteiger charge is 2.35. The minimum Gasteiger partial charge on any atom is -0.478 e. The van der Waals surface area contributed by atoms with E-state index < -0.39 is 23.3 Å². The van der Waals surface area contributed by atoms with Crippen LogP contribution in [0.3, 0.4) is 0 Å². The summed E-state index contributed by atoms with van der Waals surface area (Å²) in [5.74, 6) is -0.0144. The van der Waals surface area contributed by atoms with Gasteiger partial charge in [0.2, 0.25) is 5.60 Å². The van der Waals surface area contributed by atoms with Crippen LogP contribution in [0.25, 0.3) is 0 Å². The SMILES string of the molecule is CCCCC(C)(Oc1ccc(Oc2ccc(C(F)(F)F)cc2)cc1)C(=O)O. The van der Waals surface area contributed by atoms with E-state index in [1.807, 2.05) is 6.92 Å². The summed E-state index contributed by atoms with van der Waals surface area (Å²) < 4.78 is 48.8. The molecule has 1 atom stereocenters. The smallest absolute Gasteiger partial charge is 0.416 e. The first-order valence-electron chi connectivity index (χ1n) is 8.51. The van der Waals surface area contributed by atoms with Crippen molar-refractivity contribution in [3.8, 4) is 17.2 Å². The van der Waals surface area contributed by atoms with Gasteiger partial charge in [-0.1, -0.05) is 13.3 Å². The van der Waals surface area contributed by atoms with Crippen molar-refractivity contribution < 1.29 is 32.5 Å². The average Bonchev–Trinajstić information content (AvgIpc) is 2.61. The summed E-state index contributed by atoms with van der Waals surface area (Å²) in [5, 5.41) is 9.42. The predicted octanol–water partition coefficient (Wildman–Crippen LogP) is 5.91. The van der Waals surface area contributed by atoms with Gasteiger partial charge in [-0.2, -0.15) is 13.2 Å². The number of ether oxygens (including phenoxy) is 2. The van der Waals surface area contributed by atoms with Gasteiger partial charge in [0.15, 0.2) is 0 Å². The van der Waals surface area contributed by atoms with Gasteiger partial charge in [0, 0.05) is 0 Å². The molecule has 7 heteroatoms.